The van der Waals surface area contributed by atoms with E-state index in [9.17, 15) is 13.2 Å². The molecule has 0 spiro atoms. The summed E-state index contributed by atoms with van der Waals surface area (Å²) >= 11 is 0. The van der Waals surface area contributed by atoms with Gasteiger partial charge in [0.05, 0.1) is 0 Å². The van der Waals surface area contributed by atoms with Gasteiger partial charge in [0.15, 0.2) is 0 Å². The first-order chi connectivity index (χ1) is 13.5. The summed E-state index contributed by atoms with van der Waals surface area (Å²) in [6.45, 7) is -2.24. The highest BCUT2D eigenvalue weighted by Crippen LogP contribution is 2.23. The van der Waals surface area contributed by atoms with Gasteiger partial charge in [-0.05, 0) is 48.6 Å². The maximum absolute atomic E-state index is 13.8. The number of hydrogen-bond acceptors (Lipinski definition) is 4. The molecule has 0 aliphatic heterocycles. The number of halogens is 3. The standard InChI is InChI=1S/C14H15FN2.C7H6F2O2/c15-14-5-4-10-8-16-7-6-12(10)13(14)9-17-11-2-1-3-11;8-7(9)11-6-3-1-2-5(10)4-6/h4-8,11,17H,1-3,9H2;1-4,7,10H. The first-order valence-corrected chi connectivity index (χ1v) is 9.01. The highest BCUT2D eigenvalue weighted by atomic mass is 19.3. The van der Waals surface area contributed by atoms with Crippen LogP contribution in [0.3, 0.4) is 0 Å². The van der Waals surface area contributed by atoms with Crippen LogP contribution in [0.1, 0.15) is 24.8 Å². The van der Waals surface area contributed by atoms with Crippen LogP contribution in [0.15, 0.2) is 54.9 Å². The molecule has 3 aromatic rings. The average molecular weight is 390 g/mol. The quantitative estimate of drug-likeness (QED) is 0.643. The first kappa shape index (κ1) is 19.9. The number of alkyl halides is 2. The first-order valence-electron chi connectivity index (χ1n) is 9.01. The molecule has 0 amide bonds. The highest BCUT2D eigenvalue weighted by Gasteiger charge is 2.17. The Labute approximate surface area is 161 Å². The molecule has 0 unspecified atom stereocenters. The van der Waals surface area contributed by atoms with Gasteiger partial charge in [-0.1, -0.05) is 12.5 Å². The van der Waals surface area contributed by atoms with E-state index in [4.69, 9.17) is 5.11 Å². The molecule has 2 N–H and O–H groups in total. The van der Waals surface area contributed by atoms with Gasteiger partial charge in [0, 0.05) is 42.0 Å². The smallest absolute Gasteiger partial charge is 0.387 e. The van der Waals surface area contributed by atoms with E-state index in [0.717, 1.165) is 22.4 Å². The number of benzene rings is 2. The average Bonchev–Trinajstić information content (AvgIpc) is 2.62. The molecule has 4 nitrogen and oxygen atoms in total. The monoisotopic (exact) mass is 390 g/mol. The van der Waals surface area contributed by atoms with Crippen LogP contribution in [-0.4, -0.2) is 22.7 Å². The van der Waals surface area contributed by atoms with Crippen molar-refractivity contribution in [3.05, 3.63) is 66.2 Å². The van der Waals surface area contributed by atoms with Crippen molar-refractivity contribution in [2.75, 3.05) is 0 Å². The van der Waals surface area contributed by atoms with Gasteiger partial charge < -0.3 is 15.2 Å². The molecule has 28 heavy (non-hydrogen) atoms. The Hall–Kier alpha value is -2.80. The van der Waals surface area contributed by atoms with Gasteiger partial charge in [-0.3, -0.25) is 4.98 Å². The van der Waals surface area contributed by atoms with Gasteiger partial charge >= 0.3 is 6.61 Å². The topological polar surface area (TPSA) is 54.4 Å². The maximum atomic E-state index is 13.8. The maximum Gasteiger partial charge on any atom is 0.387 e. The Morgan fingerprint density at radius 1 is 1.18 bits per heavy atom. The number of phenols is 1. The van der Waals surface area contributed by atoms with E-state index in [1.165, 1.54) is 43.5 Å². The number of nitrogens with one attached hydrogen (secondary N) is 1. The van der Waals surface area contributed by atoms with Crippen LogP contribution in [0.5, 0.6) is 11.5 Å². The molecule has 1 aliphatic carbocycles. The Morgan fingerprint density at radius 3 is 2.68 bits per heavy atom. The van der Waals surface area contributed by atoms with E-state index in [0.29, 0.717) is 12.6 Å². The molecule has 148 valence electrons. The van der Waals surface area contributed by atoms with Crippen molar-refractivity contribution in [1.82, 2.24) is 10.3 Å². The fraction of sp³-hybridized carbons (Fsp3) is 0.286. The van der Waals surface area contributed by atoms with Crippen molar-refractivity contribution in [3.63, 3.8) is 0 Å². The second-order valence-electron chi connectivity index (χ2n) is 6.51. The summed E-state index contributed by atoms with van der Waals surface area (Å²) in [4.78, 5) is 4.06. The molecule has 0 saturated heterocycles. The van der Waals surface area contributed by atoms with Crippen LogP contribution in [-0.2, 0) is 6.54 Å². The zero-order valence-electron chi connectivity index (χ0n) is 15.1. The third kappa shape index (κ3) is 5.36. The molecular formula is C21H21F3N2O2. The Morgan fingerprint density at radius 2 is 2.00 bits per heavy atom. The Balaban J connectivity index is 0.000000178. The second-order valence-corrected chi connectivity index (χ2v) is 6.51. The van der Waals surface area contributed by atoms with Crippen LogP contribution < -0.4 is 10.1 Å². The fourth-order valence-corrected chi connectivity index (χ4v) is 2.90. The van der Waals surface area contributed by atoms with E-state index in [-0.39, 0.29) is 17.3 Å². The Bertz CT molecular complexity index is 917. The van der Waals surface area contributed by atoms with Crippen LogP contribution >= 0.6 is 0 Å². The largest absolute Gasteiger partial charge is 0.508 e. The summed E-state index contributed by atoms with van der Waals surface area (Å²) in [5.41, 5.74) is 0.761. The summed E-state index contributed by atoms with van der Waals surface area (Å²) in [5, 5.41) is 14.2. The number of nitrogens with zero attached hydrogens (tertiary/aromatic N) is 1. The molecule has 1 aromatic heterocycles. The van der Waals surface area contributed by atoms with Crippen LogP contribution in [0.4, 0.5) is 13.2 Å². The highest BCUT2D eigenvalue weighted by molar-refractivity contribution is 5.84. The number of pyridine rings is 1. The van der Waals surface area contributed by atoms with E-state index in [1.54, 1.807) is 18.5 Å². The minimum absolute atomic E-state index is 0.0417. The van der Waals surface area contributed by atoms with Crippen molar-refractivity contribution < 1.29 is 23.0 Å². The molecule has 1 fully saturated rings. The molecule has 0 bridgehead atoms. The lowest BCUT2D eigenvalue weighted by atomic mass is 9.93. The SMILES string of the molecule is Fc1ccc2cnccc2c1CNC1CCC1.Oc1cccc(OC(F)F)c1. The summed E-state index contributed by atoms with van der Waals surface area (Å²) < 4.78 is 40.9. The van der Waals surface area contributed by atoms with Crippen LogP contribution in [0.25, 0.3) is 10.8 Å². The summed E-state index contributed by atoms with van der Waals surface area (Å²) in [7, 11) is 0. The van der Waals surface area contributed by atoms with Crippen molar-refractivity contribution in [1.29, 1.82) is 0 Å². The molecule has 1 saturated carbocycles. The predicted octanol–water partition coefficient (Wildman–Crippen LogP) is 5.01. The zero-order chi connectivity index (χ0) is 19.9. The third-order valence-corrected chi connectivity index (χ3v) is 4.59. The van der Waals surface area contributed by atoms with Gasteiger partial charge in [0.1, 0.15) is 17.3 Å². The number of hydrogen-bond donors (Lipinski definition) is 2. The molecule has 0 radical (unpaired) electrons. The van der Waals surface area contributed by atoms with Gasteiger partial charge in [-0.15, -0.1) is 0 Å². The predicted molar refractivity (Wildman–Crippen MR) is 101 cm³/mol. The molecular weight excluding hydrogens is 369 g/mol. The summed E-state index contributed by atoms with van der Waals surface area (Å²) in [5.74, 6) is -0.265. The van der Waals surface area contributed by atoms with Crippen LogP contribution in [0.2, 0.25) is 0 Å². The van der Waals surface area contributed by atoms with Gasteiger partial charge in [-0.25, -0.2) is 4.39 Å². The lowest BCUT2D eigenvalue weighted by Crippen LogP contribution is -2.34. The van der Waals surface area contributed by atoms with E-state index >= 15 is 0 Å². The van der Waals surface area contributed by atoms with Crippen LogP contribution in [0, 0.1) is 5.82 Å². The van der Waals surface area contributed by atoms with Crippen molar-refractivity contribution in [2.24, 2.45) is 0 Å². The zero-order valence-corrected chi connectivity index (χ0v) is 15.1. The second kappa shape index (κ2) is 9.41. The third-order valence-electron chi connectivity index (χ3n) is 4.59. The Kier molecular flexibility index (Phi) is 6.71. The van der Waals surface area contributed by atoms with E-state index < -0.39 is 6.61 Å². The molecule has 2 aromatic carbocycles. The lowest BCUT2D eigenvalue weighted by molar-refractivity contribution is -0.0499. The van der Waals surface area contributed by atoms with Gasteiger partial charge in [-0.2, -0.15) is 8.78 Å². The number of aromatic hydroxyl groups is 1. The number of aromatic nitrogens is 1. The summed E-state index contributed by atoms with van der Waals surface area (Å²) in [6.07, 6.45) is 7.22. The molecule has 1 heterocycles. The number of fused-ring (bicyclic) bond motifs is 1. The molecule has 0 atom stereocenters. The summed E-state index contributed by atoms with van der Waals surface area (Å²) in [6, 6.07) is 11.0. The van der Waals surface area contributed by atoms with Gasteiger partial charge in [0.25, 0.3) is 0 Å². The van der Waals surface area contributed by atoms with Crippen molar-refractivity contribution in [3.8, 4) is 11.5 Å². The molecule has 7 heteroatoms. The van der Waals surface area contributed by atoms with E-state index in [2.05, 4.69) is 15.0 Å². The number of ether oxygens (including phenoxy) is 1. The fourth-order valence-electron chi connectivity index (χ4n) is 2.90. The molecule has 4 rings (SSSR count). The number of rotatable bonds is 5. The van der Waals surface area contributed by atoms with Crippen molar-refractivity contribution in [2.45, 2.75) is 38.5 Å². The lowest BCUT2D eigenvalue weighted by Gasteiger charge is -2.26. The van der Waals surface area contributed by atoms with E-state index in [1.807, 2.05) is 6.07 Å². The minimum Gasteiger partial charge on any atom is -0.508 e. The van der Waals surface area contributed by atoms with Gasteiger partial charge in [0.2, 0.25) is 0 Å². The normalized spacial score (nSPS) is 13.7. The minimum atomic E-state index is -2.85. The van der Waals surface area contributed by atoms with Crippen molar-refractivity contribution >= 4 is 10.8 Å². The molecule has 1 aliphatic rings. The number of phenolic OH excluding ortho intramolecular Hbond substituents is 1.